The number of hydrogen-bond donors (Lipinski definition) is 0. The van der Waals surface area contributed by atoms with Crippen LogP contribution in [0.1, 0.15) is 39.0 Å². The molecule has 1 saturated heterocycles. The first kappa shape index (κ1) is 22.1. The van der Waals surface area contributed by atoms with Gasteiger partial charge < -0.3 is 14.2 Å². The molecule has 1 aliphatic heterocycles. The molecular formula is C27H25N3O3S. The Morgan fingerprint density at radius 1 is 0.912 bits per heavy atom. The molecule has 0 radical (unpaired) electrons. The lowest BCUT2D eigenvalue weighted by molar-refractivity contribution is 0.0573. The van der Waals surface area contributed by atoms with Crippen LogP contribution < -0.4 is 0 Å². The predicted octanol–water partition coefficient (Wildman–Crippen LogP) is 5.54. The van der Waals surface area contributed by atoms with E-state index in [1.54, 1.807) is 6.07 Å². The molecule has 2 aromatic heterocycles. The van der Waals surface area contributed by atoms with E-state index in [0.29, 0.717) is 23.7 Å². The van der Waals surface area contributed by atoms with Crippen LogP contribution in [0.5, 0.6) is 0 Å². The minimum atomic E-state index is -0.339. The Bertz CT molecular complexity index is 1290. The third-order valence-electron chi connectivity index (χ3n) is 6.21. The highest BCUT2D eigenvalue weighted by atomic mass is 32.1. The number of amides is 1. The molecule has 4 aromatic rings. The minimum Gasteiger partial charge on any atom is -0.464 e. The Morgan fingerprint density at radius 3 is 2.21 bits per heavy atom. The number of esters is 1. The average molecular weight is 472 g/mol. The molecule has 1 fully saturated rings. The molecule has 0 saturated carbocycles. The summed E-state index contributed by atoms with van der Waals surface area (Å²) in [6.45, 7) is 1.24. The Morgan fingerprint density at radius 2 is 1.56 bits per heavy atom. The van der Waals surface area contributed by atoms with E-state index < -0.39 is 0 Å². The van der Waals surface area contributed by atoms with Gasteiger partial charge in [0.15, 0.2) is 0 Å². The number of thiazole rings is 1. The van der Waals surface area contributed by atoms with Gasteiger partial charge in [-0.25, -0.2) is 9.78 Å². The normalized spacial score (nSPS) is 14.2. The second-order valence-corrected chi connectivity index (χ2v) is 9.24. The maximum atomic E-state index is 13.7. The Balaban J connectivity index is 1.39. The molecule has 0 bridgehead atoms. The second kappa shape index (κ2) is 9.65. The van der Waals surface area contributed by atoms with Crippen LogP contribution >= 0.6 is 11.3 Å². The van der Waals surface area contributed by atoms with E-state index in [2.05, 4.69) is 0 Å². The zero-order valence-corrected chi connectivity index (χ0v) is 19.7. The third-order valence-corrected chi connectivity index (χ3v) is 7.30. The van der Waals surface area contributed by atoms with Crippen molar-refractivity contribution in [1.29, 1.82) is 0 Å². The number of carbonyl (C=O) groups is 2. The van der Waals surface area contributed by atoms with Crippen LogP contribution in [0.2, 0.25) is 0 Å². The Labute approximate surface area is 202 Å². The Kier molecular flexibility index (Phi) is 6.27. The first-order valence-corrected chi connectivity index (χ1v) is 12.1. The summed E-state index contributed by atoms with van der Waals surface area (Å²) in [5, 5.41) is 0.841. The number of piperidine rings is 1. The van der Waals surface area contributed by atoms with Crippen LogP contribution in [0.25, 0.3) is 21.8 Å². The molecule has 172 valence electrons. The fraction of sp³-hybridized carbons (Fsp3) is 0.222. The molecule has 0 aliphatic carbocycles. The van der Waals surface area contributed by atoms with Gasteiger partial charge in [0, 0.05) is 36.5 Å². The minimum absolute atomic E-state index is 0.0117. The van der Waals surface area contributed by atoms with Gasteiger partial charge in [0.2, 0.25) is 0 Å². The summed E-state index contributed by atoms with van der Waals surface area (Å²) in [6.07, 6.45) is 3.46. The SMILES string of the molecule is COC(=O)c1cccn1C1CCN(C(=O)c2sc(-c3ccccc3)nc2-c2ccccc2)CC1. The number of methoxy groups -OCH3 is 1. The van der Waals surface area contributed by atoms with Crippen LogP contribution in [0, 0.1) is 0 Å². The molecule has 1 amide bonds. The van der Waals surface area contributed by atoms with Crippen LogP contribution in [0.15, 0.2) is 79.0 Å². The topological polar surface area (TPSA) is 64.4 Å². The molecule has 7 heteroatoms. The van der Waals surface area contributed by atoms with Crippen molar-refractivity contribution in [1.82, 2.24) is 14.5 Å². The van der Waals surface area contributed by atoms with E-state index in [4.69, 9.17) is 9.72 Å². The van der Waals surface area contributed by atoms with Crippen molar-refractivity contribution in [2.45, 2.75) is 18.9 Å². The standard InChI is InChI=1S/C27H25N3O3S/c1-33-27(32)22-13-8-16-30(22)21-14-17-29(18-15-21)26(31)24-23(19-9-4-2-5-10-19)28-25(34-24)20-11-6-3-7-12-20/h2-13,16,21H,14-15,17-18H2,1H3. The van der Waals surface area contributed by atoms with Crippen molar-refractivity contribution in [2.75, 3.05) is 20.2 Å². The summed E-state index contributed by atoms with van der Waals surface area (Å²) < 4.78 is 6.88. The van der Waals surface area contributed by atoms with Crippen molar-refractivity contribution in [2.24, 2.45) is 0 Å². The summed E-state index contributed by atoms with van der Waals surface area (Å²) in [5.41, 5.74) is 3.23. The van der Waals surface area contributed by atoms with Gasteiger partial charge in [0.05, 0.1) is 12.8 Å². The molecule has 0 N–H and O–H groups in total. The van der Waals surface area contributed by atoms with E-state index in [1.807, 2.05) is 82.4 Å². The molecule has 34 heavy (non-hydrogen) atoms. The molecular weight excluding hydrogens is 446 g/mol. The lowest BCUT2D eigenvalue weighted by atomic mass is 10.0. The van der Waals surface area contributed by atoms with Gasteiger partial charge in [-0.15, -0.1) is 11.3 Å². The van der Waals surface area contributed by atoms with Gasteiger partial charge in [-0.05, 0) is 25.0 Å². The monoisotopic (exact) mass is 471 g/mol. The zero-order valence-electron chi connectivity index (χ0n) is 18.9. The smallest absolute Gasteiger partial charge is 0.354 e. The lowest BCUT2D eigenvalue weighted by Crippen LogP contribution is -2.39. The summed E-state index contributed by atoms with van der Waals surface area (Å²) in [6, 6.07) is 23.6. The van der Waals surface area contributed by atoms with Gasteiger partial charge in [0.25, 0.3) is 5.91 Å². The van der Waals surface area contributed by atoms with Gasteiger partial charge in [-0.2, -0.15) is 0 Å². The number of hydrogen-bond acceptors (Lipinski definition) is 5. The van der Waals surface area contributed by atoms with Crippen molar-refractivity contribution < 1.29 is 14.3 Å². The van der Waals surface area contributed by atoms with Gasteiger partial charge in [0.1, 0.15) is 15.6 Å². The zero-order chi connectivity index (χ0) is 23.5. The largest absolute Gasteiger partial charge is 0.464 e. The number of rotatable bonds is 5. The third kappa shape index (κ3) is 4.26. The van der Waals surface area contributed by atoms with E-state index in [9.17, 15) is 9.59 Å². The number of carbonyl (C=O) groups excluding carboxylic acids is 2. The maximum Gasteiger partial charge on any atom is 0.354 e. The number of benzene rings is 2. The summed E-state index contributed by atoms with van der Waals surface area (Å²) >= 11 is 1.45. The first-order chi connectivity index (χ1) is 16.7. The first-order valence-electron chi connectivity index (χ1n) is 11.3. The lowest BCUT2D eigenvalue weighted by Gasteiger charge is -2.33. The summed E-state index contributed by atoms with van der Waals surface area (Å²) in [4.78, 5) is 33.2. The van der Waals surface area contributed by atoms with E-state index in [1.165, 1.54) is 18.4 Å². The van der Waals surface area contributed by atoms with Crippen LogP contribution in [-0.4, -0.2) is 46.5 Å². The molecule has 6 nitrogen and oxygen atoms in total. The quantitative estimate of drug-likeness (QED) is 0.358. The molecule has 1 aliphatic rings. The fourth-order valence-electron chi connectivity index (χ4n) is 4.44. The predicted molar refractivity (Wildman–Crippen MR) is 133 cm³/mol. The van der Waals surface area contributed by atoms with Crippen LogP contribution in [0.4, 0.5) is 0 Å². The second-order valence-electron chi connectivity index (χ2n) is 8.24. The molecule has 3 heterocycles. The number of likely N-dealkylation sites (tertiary alicyclic amines) is 1. The van der Waals surface area contributed by atoms with Gasteiger partial charge in [-0.1, -0.05) is 60.7 Å². The van der Waals surface area contributed by atoms with E-state index in [-0.39, 0.29) is 17.9 Å². The number of nitrogens with zero attached hydrogens (tertiary/aromatic N) is 3. The van der Waals surface area contributed by atoms with Crippen molar-refractivity contribution >= 4 is 23.2 Å². The number of ether oxygens (including phenoxy) is 1. The molecule has 0 atom stereocenters. The Hall–Kier alpha value is -3.71. The molecule has 0 unspecified atom stereocenters. The maximum absolute atomic E-state index is 13.7. The van der Waals surface area contributed by atoms with Crippen LogP contribution in [0.3, 0.4) is 0 Å². The van der Waals surface area contributed by atoms with Crippen LogP contribution in [-0.2, 0) is 4.74 Å². The highest BCUT2D eigenvalue weighted by Crippen LogP contribution is 2.36. The van der Waals surface area contributed by atoms with E-state index >= 15 is 0 Å². The highest BCUT2D eigenvalue weighted by Gasteiger charge is 2.30. The van der Waals surface area contributed by atoms with Crippen molar-refractivity contribution in [3.05, 3.63) is 89.6 Å². The summed E-state index contributed by atoms with van der Waals surface area (Å²) in [7, 11) is 1.39. The molecule has 2 aromatic carbocycles. The molecule has 0 spiro atoms. The van der Waals surface area contributed by atoms with E-state index in [0.717, 1.165) is 34.7 Å². The fourth-order valence-corrected chi connectivity index (χ4v) is 5.50. The van der Waals surface area contributed by atoms with Gasteiger partial charge in [-0.3, -0.25) is 4.79 Å². The molecule has 5 rings (SSSR count). The average Bonchev–Trinajstić information content (AvgIpc) is 3.57. The highest BCUT2D eigenvalue weighted by molar-refractivity contribution is 7.17. The van der Waals surface area contributed by atoms with Crippen molar-refractivity contribution in [3.63, 3.8) is 0 Å². The number of aromatic nitrogens is 2. The summed E-state index contributed by atoms with van der Waals surface area (Å²) in [5.74, 6) is -0.327. The van der Waals surface area contributed by atoms with Gasteiger partial charge >= 0.3 is 5.97 Å². The van der Waals surface area contributed by atoms with Crippen molar-refractivity contribution in [3.8, 4) is 21.8 Å².